The fourth-order valence-electron chi connectivity index (χ4n) is 5.25. The molecule has 0 spiro atoms. The Morgan fingerprint density at radius 2 is 1.25 bits per heavy atom. The van der Waals surface area contributed by atoms with Crippen molar-refractivity contribution in [3.8, 4) is 0 Å². The van der Waals surface area contributed by atoms with Crippen molar-refractivity contribution in [1.29, 1.82) is 0 Å². The molecule has 0 atom stereocenters. The normalized spacial score (nSPS) is 13.7. The van der Waals surface area contributed by atoms with E-state index in [-0.39, 0.29) is 10.6 Å². The molecule has 0 radical (unpaired) electrons. The summed E-state index contributed by atoms with van der Waals surface area (Å²) in [6.45, 7) is 3.62. The molecule has 6 rings (SSSR count). The number of sulfonamides is 1. The van der Waals surface area contributed by atoms with Crippen molar-refractivity contribution in [2.45, 2.75) is 25.9 Å². The van der Waals surface area contributed by atoms with Crippen LogP contribution in [-0.4, -0.2) is 32.7 Å². The quantitative estimate of drug-likeness (QED) is 0.229. The lowest BCUT2D eigenvalue weighted by Gasteiger charge is -2.19. The molecule has 4 aromatic carbocycles. The van der Waals surface area contributed by atoms with Crippen LogP contribution in [0.2, 0.25) is 0 Å². The van der Waals surface area contributed by atoms with Gasteiger partial charge in [-0.15, -0.1) is 0 Å². The number of rotatable bonds is 7. The van der Waals surface area contributed by atoms with Crippen LogP contribution >= 0.6 is 0 Å². The van der Waals surface area contributed by atoms with Gasteiger partial charge in [0.1, 0.15) is 0 Å². The summed E-state index contributed by atoms with van der Waals surface area (Å²) in [5.74, 6) is 0. The lowest BCUT2D eigenvalue weighted by atomic mass is 10.1. The zero-order valence-electron chi connectivity index (χ0n) is 22.4. The number of benzene rings is 4. The third-order valence-corrected chi connectivity index (χ3v) is 7.68. The molecule has 2 aliphatic rings. The zero-order valence-corrected chi connectivity index (χ0v) is 23.2. The standard InChI is InChI=1S/C16H18N2O2S.C15H14N2O2/c1-21(19,20)17-15-7-8-16-14(11-15)9-10-18(16)12-13-5-3-2-4-6-13;18-17(19)14-6-7-15-13(10-14)8-9-16(15)11-12-4-2-1-3-5-12/h2-8,11,17H,9-10,12H2,1H3;1-7,10H,8-9,11H2. The second-order valence-corrected chi connectivity index (χ2v) is 11.9. The van der Waals surface area contributed by atoms with Crippen molar-refractivity contribution in [3.63, 3.8) is 0 Å². The van der Waals surface area contributed by atoms with E-state index >= 15 is 0 Å². The number of hydrogen-bond acceptors (Lipinski definition) is 6. The van der Waals surface area contributed by atoms with Gasteiger partial charge in [-0.2, -0.15) is 0 Å². The first-order valence-corrected chi connectivity index (χ1v) is 15.1. The fraction of sp³-hybridized carbons (Fsp3) is 0.226. The summed E-state index contributed by atoms with van der Waals surface area (Å²) in [4.78, 5) is 15.0. The van der Waals surface area contributed by atoms with Crippen LogP contribution < -0.4 is 14.5 Å². The lowest BCUT2D eigenvalue weighted by molar-refractivity contribution is -0.384. The molecule has 2 heterocycles. The van der Waals surface area contributed by atoms with Gasteiger partial charge in [-0.3, -0.25) is 14.8 Å². The third kappa shape index (κ3) is 6.79. The van der Waals surface area contributed by atoms with E-state index in [9.17, 15) is 18.5 Å². The van der Waals surface area contributed by atoms with Crippen LogP contribution in [0, 0.1) is 10.1 Å². The van der Waals surface area contributed by atoms with E-state index in [2.05, 4.69) is 38.8 Å². The first-order valence-electron chi connectivity index (χ1n) is 13.2. The molecule has 8 nitrogen and oxygen atoms in total. The highest BCUT2D eigenvalue weighted by Crippen LogP contribution is 2.33. The van der Waals surface area contributed by atoms with Gasteiger partial charge in [0.2, 0.25) is 10.0 Å². The van der Waals surface area contributed by atoms with Gasteiger partial charge in [-0.05, 0) is 59.4 Å². The summed E-state index contributed by atoms with van der Waals surface area (Å²) in [5.41, 5.74) is 7.94. The molecule has 0 unspecified atom stereocenters. The minimum atomic E-state index is -3.22. The molecule has 0 aromatic heterocycles. The van der Waals surface area contributed by atoms with Crippen molar-refractivity contribution in [2.24, 2.45) is 0 Å². The SMILES string of the molecule is CS(=O)(=O)Nc1ccc2c(c1)CCN2Cc1ccccc1.O=[N+]([O-])c1ccc2c(c1)CCN2Cc1ccccc1. The molecule has 1 N–H and O–H groups in total. The number of nitro benzene ring substituents is 1. The Morgan fingerprint density at radius 1 is 0.750 bits per heavy atom. The number of non-ortho nitro benzene ring substituents is 1. The van der Waals surface area contributed by atoms with Gasteiger partial charge in [-0.1, -0.05) is 60.7 Å². The Labute approximate surface area is 235 Å². The van der Waals surface area contributed by atoms with E-state index in [1.165, 1.54) is 28.6 Å². The Balaban J connectivity index is 0.000000162. The van der Waals surface area contributed by atoms with Gasteiger partial charge in [0.15, 0.2) is 0 Å². The van der Waals surface area contributed by atoms with Crippen LogP contribution in [0.5, 0.6) is 0 Å². The second-order valence-electron chi connectivity index (χ2n) is 10.1. The number of fused-ring (bicyclic) bond motifs is 2. The molecule has 9 heteroatoms. The first kappa shape index (κ1) is 27.2. The summed E-state index contributed by atoms with van der Waals surface area (Å²) < 4.78 is 25.1. The van der Waals surface area contributed by atoms with E-state index in [1.54, 1.807) is 12.1 Å². The Bertz CT molecular complexity index is 1590. The lowest BCUT2D eigenvalue weighted by Crippen LogP contribution is -2.19. The van der Waals surface area contributed by atoms with E-state index in [4.69, 9.17) is 0 Å². The topological polar surface area (TPSA) is 95.8 Å². The Morgan fingerprint density at radius 3 is 1.75 bits per heavy atom. The maximum atomic E-state index is 11.3. The summed E-state index contributed by atoms with van der Waals surface area (Å²) in [6, 6.07) is 31.5. The van der Waals surface area contributed by atoms with Crippen LogP contribution in [0.15, 0.2) is 97.1 Å². The van der Waals surface area contributed by atoms with Gasteiger partial charge in [-0.25, -0.2) is 8.42 Å². The third-order valence-electron chi connectivity index (χ3n) is 7.07. The molecule has 0 saturated heterocycles. The summed E-state index contributed by atoms with van der Waals surface area (Å²) in [7, 11) is -3.22. The predicted molar refractivity (Wildman–Crippen MR) is 160 cm³/mol. The highest BCUT2D eigenvalue weighted by Gasteiger charge is 2.22. The molecule has 0 saturated carbocycles. The van der Waals surface area contributed by atoms with Crippen molar-refractivity contribution in [1.82, 2.24) is 0 Å². The largest absolute Gasteiger partial charge is 0.367 e. The van der Waals surface area contributed by atoms with Gasteiger partial charge >= 0.3 is 0 Å². The van der Waals surface area contributed by atoms with Crippen molar-refractivity contribution < 1.29 is 13.3 Å². The molecular formula is C31H32N4O4S. The van der Waals surface area contributed by atoms with E-state index < -0.39 is 10.0 Å². The predicted octanol–water partition coefficient (Wildman–Crippen LogP) is 5.78. The van der Waals surface area contributed by atoms with E-state index in [0.717, 1.165) is 50.3 Å². The molecular weight excluding hydrogens is 524 g/mol. The number of nitrogens with zero attached hydrogens (tertiary/aromatic N) is 3. The van der Waals surface area contributed by atoms with E-state index in [1.807, 2.05) is 60.7 Å². The Kier molecular flexibility index (Phi) is 8.02. The van der Waals surface area contributed by atoms with Crippen LogP contribution in [0.1, 0.15) is 22.3 Å². The molecule has 4 aromatic rings. The summed E-state index contributed by atoms with van der Waals surface area (Å²) >= 11 is 0. The van der Waals surface area contributed by atoms with Crippen LogP contribution in [0.25, 0.3) is 0 Å². The van der Waals surface area contributed by atoms with Crippen molar-refractivity contribution >= 4 is 32.8 Å². The fourth-order valence-corrected chi connectivity index (χ4v) is 5.81. The van der Waals surface area contributed by atoms with Crippen molar-refractivity contribution in [2.75, 3.05) is 33.9 Å². The first-order chi connectivity index (χ1) is 19.2. The van der Waals surface area contributed by atoms with Crippen LogP contribution in [0.3, 0.4) is 0 Å². The molecule has 0 amide bonds. The summed E-state index contributed by atoms with van der Waals surface area (Å²) in [6.07, 6.45) is 2.99. The molecule has 0 aliphatic carbocycles. The molecule has 2 aliphatic heterocycles. The molecule has 206 valence electrons. The van der Waals surface area contributed by atoms with E-state index in [0.29, 0.717) is 5.69 Å². The summed E-state index contributed by atoms with van der Waals surface area (Å²) in [5, 5.41) is 10.8. The molecule has 0 bridgehead atoms. The maximum Gasteiger partial charge on any atom is 0.269 e. The average Bonchev–Trinajstić information content (AvgIpc) is 3.52. The monoisotopic (exact) mass is 556 g/mol. The van der Waals surface area contributed by atoms with Gasteiger partial charge in [0.05, 0.1) is 11.2 Å². The van der Waals surface area contributed by atoms with Crippen LogP contribution in [0.4, 0.5) is 22.7 Å². The smallest absolute Gasteiger partial charge is 0.269 e. The zero-order chi connectivity index (χ0) is 28.1. The number of nitrogens with one attached hydrogen (secondary N) is 1. The van der Waals surface area contributed by atoms with Crippen LogP contribution in [-0.2, 0) is 36.0 Å². The number of hydrogen-bond donors (Lipinski definition) is 1. The van der Waals surface area contributed by atoms with Gasteiger partial charge in [0, 0.05) is 55.4 Å². The molecule has 40 heavy (non-hydrogen) atoms. The maximum absolute atomic E-state index is 11.3. The second kappa shape index (κ2) is 11.8. The highest BCUT2D eigenvalue weighted by atomic mass is 32.2. The molecule has 0 fully saturated rings. The highest BCUT2D eigenvalue weighted by molar-refractivity contribution is 7.92. The Hall–Kier alpha value is -4.37. The average molecular weight is 557 g/mol. The minimum Gasteiger partial charge on any atom is -0.367 e. The number of anilines is 3. The minimum absolute atomic E-state index is 0.181. The van der Waals surface area contributed by atoms with Gasteiger partial charge < -0.3 is 9.80 Å². The van der Waals surface area contributed by atoms with Crippen molar-refractivity contribution in [3.05, 3.63) is 129 Å². The van der Waals surface area contributed by atoms with Gasteiger partial charge in [0.25, 0.3) is 5.69 Å². The number of nitro groups is 1.